The number of fused-ring (bicyclic) bond motifs is 1. The van der Waals surface area contributed by atoms with Gasteiger partial charge in [0.2, 0.25) is 0 Å². The third-order valence-electron chi connectivity index (χ3n) is 2.84. The first-order valence-corrected chi connectivity index (χ1v) is 7.13. The molecule has 3 rings (SSSR count). The molecule has 1 heterocycles. The number of hydrogen-bond acceptors (Lipinski definition) is 3. The Kier molecular flexibility index (Phi) is 3.51. The average Bonchev–Trinajstić information content (AvgIpc) is 2.82. The summed E-state index contributed by atoms with van der Waals surface area (Å²) in [6, 6.07) is 10.5. The molecule has 108 valence electrons. The SMILES string of the molecule is FC(F)(F)c1ccccc1Nc1nc2cccc(Cl)c2s1. The number of alkyl halides is 3. The molecule has 3 aromatic rings. The summed E-state index contributed by atoms with van der Waals surface area (Å²) in [4.78, 5) is 4.25. The summed E-state index contributed by atoms with van der Waals surface area (Å²) in [5, 5.41) is 3.62. The molecule has 1 N–H and O–H groups in total. The predicted molar refractivity (Wildman–Crippen MR) is 79.4 cm³/mol. The fourth-order valence-corrected chi connectivity index (χ4v) is 3.09. The molecule has 0 bridgehead atoms. The Bertz CT molecular complexity index is 798. The largest absolute Gasteiger partial charge is 0.418 e. The molecule has 1 aromatic heterocycles. The third-order valence-corrected chi connectivity index (χ3v) is 4.29. The number of hydrogen-bond donors (Lipinski definition) is 1. The van der Waals surface area contributed by atoms with Gasteiger partial charge in [0.05, 0.1) is 26.5 Å². The first-order valence-electron chi connectivity index (χ1n) is 5.93. The highest BCUT2D eigenvalue weighted by Gasteiger charge is 2.33. The number of nitrogens with one attached hydrogen (secondary N) is 1. The van der Waals surface area contributed by atoms with Gasteiger partial charge in [-0.2, -0.15) is 13.2 Å². The first kappa shape index (κ1) is 14.2. The van der Waals surface area contributed by atoms with Crippen molar-refractivity contribution < 1.29 is 13.2 Å². The molecule has 0 saturated heterocycles. The molecule has 0 unspecified atom stereocenters. The molecule has 0 aliphatic heterocycles. The molecule has 0 spiro atoms. The van der Waals surface area contributed by atoms with Crippen molar-refractivity contribution in [2.75, 3.05) is 5.32 Å². The van der Waals surface area contributed by atoms with Crippen LogP contribution in [-0.4, -0.2) is 4.98 Å². The van der Waals surface area contributed by atoms with Crippen LogP contribution in [0.3, 0.4) is 0 Å². The van der Waals surface area contributed by atoms with Crippen molar-refractivity contribution in [2.24, 2.45) is 0 Å². The van der Waals surface area contributed by atoms with Gasteiger partial charge in [-0.3, -0.25) is 0 Å². The monoisotopic (exact) mass is 328 g/mol. The van der Waals surface area contributed by atoms with E-state index >= 15 is 0 Å². The second-order valence-corrected chi connectivity index (χ2v) is 5.68. The van der Waals surface area contributed by atoms with Crippen LogP contribution in [0.15, 0.2) is 42.5 Å². The van der Waals surface area contributed by atoms with E-state index in [4.69, 9.17) is 11.6 Å². The zero-order valence-corrected chi connectivity index (χ0v) is 12.0. The highest BCUT2D eigenvalue weighted by Crippen LogP contribution is 2.38. The number of benzene rings is 2. The lowest BCUT2D eigenvalue weighted by Crippen LogP contribution is -2.08. The highest BCUT2D eigenvalue weighted by molar-refractivity contribution is 7.22. The van der Waals surface area contributed by atoms with E-state index in [1.54, 1.807) is 18.2 Å². The quantitative estimate of drug-likeness (QED) is 0.651. The van der Waals surface area contributed by atoms with Gasteiger partial charge in [-0.05, 0) is 24.3 Å². The van der Waals surface area contributed by atoms with E-state index in [-0.39, 0.29) is 5.69 Å². The summed E-state index contributed by atoms with van der Waals surface area (Å²) >= 11 is 7.26. The molecule has 21 heavy (non-hydrogen) atoms. The number of nitrogens with zero attached hydrogens (tertiary/aromatic N) is 1. The second-order valence-electron chi connectivity index (χ2n) is 4.28. The average molecular weight is 329 g/mol. The number of anilines is 2. The Morgan fingerprint density at radius 2 is 1.81 bits per heavy atom. The van der Waals surface area contributed by atoms with Gasteiger partial charge in [-0.1, -0.05) is 41.1 Å². The molecular weight excluding hydrogens is 321 g/mol. The smallest absolute Gasteiger partial charge is 0.331 e. The molecule has 0 atom stereocenters. The Balaban J connectivity index is 2.01. The van der Waals surface area contributed by atoms with Crippen LogP contribution >= 0.6 is 22.9 Å². The molecule has 0 fully saturated rings. The van der Waals surface area contributed by atoms with Crippen LogP contribution < -0.4 is 5.32 Å². The van der Waals surface area contributed by atoms with Crippen LogP contribution in [-0.2, 0) is 6.18 Å². The maximum atomic E-state index is 12.9. The molecule has 0 aliphatic carbocycles. The van der Waals surface area contributed by atoms with Crippen LogP contribution in [0.4, 0.5) is 24.0 Å². The van der Waals surface area contributed by atoms with Gasteiger partial charge >= 0.3 is 6.18 Å². The summed E-state index contributed by atoms with van der Waals surface area (Å²) in [6.45, 7) is 0. The van der Waals surface area contributed by atoms with E-state index in [9.17, 15) is 13.2 Å². The summed E-state index contributed by atoms with van der Waals surface area (Å²) in [7, 11) is 0. The molecule has 0 radical (unpaired) electrons. The van der Waals surface area contributed by atoms with Gasteiger partial charge in [-0.15, -0.1) is 0 Å². The van der Waals surface area contributed by atoms with Crippen LogP contribution in [0.5, 0.6) is 0 Å². The van der Waals surface area contributed by atoms with Gasteiger partial charge in [-0.25, -0.2) is 4.98 Å². The summed E-state index contributed by atoms with van der Waals surface area (Å²) in [5.41, 5.74) is -0.102. The number of halogens is 4. The van der Waals surface area contributed by atoms with Crippen molar-refractivity contribution in [2.45, 2.75) is 6.18 Å². The van der Waals surface area contributed by atoms with Gasteiger partial charge in [0.25, 0.3) is 0 Å². The molecule has 2 aromatic carbocycles. The first-order chi connectivity index (χ1) is 9.95. The Morgan fingerprint density at radius 1 is 1.05 bits per heavy atom. The van der Waals surface area contributed by atoms with E-state index in [1.165, 1.54) is 29.5 Å². The summed E-state index contributed by atoms with van der Waals surface area (Å²) in [5.74, 6) is 0. The molecule has 0 saturated carbocycles. The number of aromatic nitrogens is 1. The van der Waals surface area contributed by atoms with Crippen molar-refractivity contribution in [3.63, 3.8) is 0 Å². The fraction of sp³-hybridized carbons (Fsp3) is 0.0714. The number of thiazole rings is 1. The predicted octanol–water partition coefficient (Wildman–Crippen LogP) is 5.71. The van der Waals surface area contributed by atoms with Crippen molar-refractivity contribution in [1.82, 2.24) is 4.98 Å². The van der Waals surface area contributed by atoms with Crippen molar-refractivity contribution >= 4 is 44.0 Å². The Hall–Kier alpha value is -1.79. The lowest BCUT2D eigenvalue weighted by molar-refractivity contribution is -0.136. The fourth-order valence-electron chi connectivity index (χ4n) is 1.92. The topological polar surface area (TPSA) is 24.9 Å². The van der Waals surface area contributed by atoms with Gasteiger partial charge in [0, 0.05) is 0 Å². The van der Waals surface area contributed by atoms with Crippen LogP contribution in [0.2, 0.25) is 5.02 Å². The van der Waals surface area contributed by atoms with Crippen LogP contribution in [0.1, 0.15) is 5.56 Å². The van der Waals surface area contributed by atoms with Gasteiger partial charge in [0.1, 0.15) is 0 Å². The van der Waals surface area contributed by atoms with Gasteiger partial charge < -0.3 is 5.32 Å². The van der Waals surface area contributed by atoms with Crippen molar-refractivity contribution in [1.29, 1.82) is 0 Å². The standard InChI is InChI=1S/C14H8ClF3N2S/c15-9-5-3-7-11-12(9)21-13(20-11)19-10-6-2-1-4-8(10)14(16,17)18/h1-7H,(H,19,20). The van der Waals surface area contributed by atoms with Crippen LogP contribution in [0, 0.1) is 0 Å². The van der Waals surface area contributed by atoms with E-state index in [0.717, 1.165) is 10.8 Å². The zero-order valence-electron chi connectivity index (χ0n) is 10.4. The summed E-state index contributed by atoms with van der Waals surface area (Å²) < 4.78 is 39.6. The minimum absolute atomic E-state index is 0.0276. The maximum Gasteiger partial charge on any atom is 0.418 e. The lowest BCUT2D eigenvalue weighted by atomic mass is 10.2. The zero-order chi connectivity index (χ0) is 15.0. The van der Waals surface area contributed by atoms with Crippen molar-refractivity contribution in [3.05, 3.63) is 53.1 Å². The second kappa shape index (κ2) is 5.20. The van der Waals surface area contributed by atoms with E-state index in [2.05, 4.69) is 10.3 Å². The van der Waals surface area contributed by atoms with Crippen LogP contribution in [0.25, 0.3) is 10.2 Å². The molecule has 0 aliphatic rings. The lowest BCUT2D eigenvalue weighted by Gasteiger charge is -2.12. The normalized spacial score (nSPS) is 11.8. The number of para-hydroxylation sites is 1. The Labute approximate surface area is 127 Å². The number of rotatable bonds is 2. The maximum absolute atomic E-state index is 12.9. The molecule has 7 heteroatoms. The van der Waals surface area contributed by atoms with E-state index < -0.39 is 11.7 Å². The Morgan fingerprint density at radius 3 is 2.52 bits per heavy atom. The third kappa shape index (κ3) is 2.82. The minimum atomic E-state index is -4.42. The van der Waals surface area contributed by atoms with E-state index in [0.29, 0.717) is 15.7 Å². The van der Waals surface area contributed by atoms with E-state index in [1.807, 2.05) is 0 Å². The molecule has 0 amide bonds. The molecular formula is C14H8ClF3N2S. The molecule has 2 nitrogen and oxygen atoms in total. The van der Waals surface area contributed by atoms with Crippen molar-refractivity contribution in [3.8, 4) is 0 Å². The highest BCUT2D eigenvalue weighted by atomic mass is 35.5. The summed E-state index contributed by atoms with van der Waals surface area (Å²) in [6.07, 6.45) is -4.42. The van der Waals surface area contributed by atoms with Gasteiger partial charge in [0.15, 0.2) is 5.13 Å². The minimum Gasteiger partial charge on any atom is -0.331 e.